The second-order valence-corrected chi connectivity index (χ2v) is 13.9. The average Bonchev–Trinajstić information content (AvgIpc) is 3.02. The third kappa shape index (κ3) is 19.1. The lowest BCUT2D eigenvalue weighted by molar-refractivity contribution is -0.139. The Labute approximate surface area is 276 Å². The van der Waals surface area contributed by atoms with Gasteiger partial charge < -0.3 is 15.2 Å². The van der Waals surface area contributed by atoms with E-state index in [9.17, 15) is 23.1 Å². The van der Waals surface area contributed by atoms with E-state index < -0.39 is 27.8 Å². The molecule has 1 atom stereocenters. The molecule has 9 heteroatoms. The van der Waals surface area contributed by atoms with Crippen LogP contribution >= 0.6 is 11.8 Å². The molecule has 0 radical (unpaired) electrons. The molecule has 3 aromatic rings. The van der Waals surface area contributed by atoms with Crippen LogP contribution in [0.25, 0.3) is 0 Å². The maximum atomic E-state index is 12.3. The number of ether oxygens (including phenoxy) is 1. The first-order valence-corrected chi connectivity index (χ1v) is 18.7. The Morgan fingerprint density at radius 3 is 1.87 bits per heavy atom. The Morgan fingerprint density at radius 2 is 1.42 bits per heavy atom. The first-order chi connectivity index (χ1) is 21.3. The van der Waals surface area contributed by atoms with Gasteiger partial charge in [0.25, 0.3) is 5.91 Å². The molecule has 250 valence electrons. The van der Waals surface area contributed by atoms with Gasteiger partial charge in [-0.25, -0.2) is 13.2 Å². The topological polar surface area (TPSA) is 110 Å². The molecule has 3 aromatic carbocycles. The van der Waals surface area contributed by atoms with Crippen molar-refractivity contribution in [3.05, 3.63) is 106 Å². The van der Waals surface area contributed by atoms with Crippen LogP contribution < -0.4 is 5.32 Å². The minimum absolute atomic E-state index is 0.191. The van der Waals surface area contributed by atoms with Crippen molar-refractivity contribution in [2.45, 2.75) is 80.1 Å². The van der Waals surface area contributed by atoms with E-state index in [-0.39, 0.29) is 12.2 Å². The van der Waals surface area contributed by atoms with Gasteiger partial charge in [-0.2, -0.15) is 11.8 Å². The molecular formula is C36H53NO6S2. The molecule has 1 unspecified atom stereocenters. The highest BCUT2D eigenvalue weighted by Crippen LogP contribution is 2.16. The number of carbonyl (C=O) groups is 2. The molecule has 0 fully saturated rings. The Bertz CT molecular complexity index is 1350. The van der Waals surface area contributed by atoms with Crippen molar-refractivity contribution < 1.29 is 27.9 Å². The van der Waals surface area contributed by atoms with Gasteiger partial charge in [-0.3, -0.25) is 4.79 Å². The predicted molar refractivity (Wildman–Crippen MR) is 190 cm³/mol. The van der Waals surface area contributed by atoms with E-state index in [0.29, 0.717) is 24.7 Å². The highest BCUT2D eigenvalue weighted by atomic mass is 32.2. The van der Waals surface area contributed by atoms with Gasteiger partial charge in [0.1, 0.15) is 15.9 Å². The van der Waals surface area contributed by atoms with Gasteiger partial charge >= 0.3 is 5.97 Å². The van der Waals surface area contributed by atoms with Crippen molar-refractivity contribution in [1.82, 2.24) is 5.32 Å². The largest absolute Gasteiger partial charge is 0.480 e. The number of carbonyl (C=O) groups excluding carboxylic acids is 1. The molecule has 45 heavy (non-hydrogen) atoms. The minimum atomic E-state index is -3.32. The fourth-order valence-corrected chi connectivity index (χ4v) is 4.24. The predicted octanol–water partition coefficient (Wildman–Crippen LogP) is 7.84. The second-order valence-electron chi connectivity index (χ2n) is 10.5. The Balaban J connectivity index is 0.00000114. The first-order valence-electron chi connectivity index (χ1n) is 15.2. The van der Waals surface area contributed by atoms with Gasteiger partial charge in [-0.05, 0) is 78.1 Å². The molecule has 7 nitrogen and oxygen atoms in total. The van der Waals surface area contributed by atoms with E-state index in [1.165, 1.54) is 22.4 Å². The third-order valence-corrected chi connectivity index (χ3v) is 8.02. The van der Waals surface area contributed by atoms with Crippen molar-refractivity contribution >= 4 is 33.5 Å². The molecule has 0 saturated carbocycles. The van der Waals surface area contributed by atoms with Crippen LogP contribution in [0.15, 0.2) is 72.8 Å². The molecule has 0 bridgehead atoms. The van der Waals surface area contributed by atoms with Gasteiger partial charge in [0.2, 0.25) is 0 Å². The Hall–Kier alpha value is -3.14. The van der Waals surface area contributed by atoms with Gasteiger partial charge in [0, 0.05) is 11.8 Å². The summed E-state index contributed by atoms with van der Waals surface area (Å²) in [5.74, 6) is -0.478. The maximum Gasteiger partial charge on any atom is 0.326 e. The van der Waals surface area contributed by atoms with E-state index in [1.54, 1.807) is 24.3 Å². The number of rotatable bonds is 12. The van der Waals surface area contributed by atoms with Crippen LogP contribution in [0.4, 0.5) is 0 Å². The smallest absolute Gasteiger partial charge is 0.326 e. The fourth-order valence-electron chi connectivity index (χ4n) is 3.57. The lowest BCUT2D eigenvalue weighted by atomic mass is 10.0. The monoisotopic (exact) mass is 659 g/mol. The van der Waals surface area contributed by atoms with Crippen LogP contribution in [0.5, 0.6) is 0 Å². The number of aryl methyl sites for hydroxylation is 2. The number of benzene rings is 3. The third-order valence-electron chi connectivity index (χ3n) is 6.47. The van der Waals surface area contributed by atoms with Gasteiger partial charge in [0.05, 0.1) is 19.0 Å². The van der Waals surface area contributed by atoms with E-state index in [1.807, 2.05) is 37.7 Å². The molecule has 0 aliphatic heterocycles. The summed E-state index contributed by atoms with van der Waals surface area (Å²) in [6, 6.07) is 22.0. The van der Waals surface area contributed by atoms with Crippen molar-refractivity contribution in [3.63, 3.8) is 0 Å². The normalized spacial score (nSPS) is 11.1. The molecule has 2 N–H and O–H groups in total. The number of sulfone groups is 1. The molecule has 0 aliphatic rings. The minimum Gasteiger partial charge on any atom is -0.480 e. The van der Waals surface area contributed by atoms with Crippen LogP contribution in [0.2, 0.25) is 0 Å². The number of aliphatic carboxylic acids is 1. The summed E-state index contributed by atoms with van der Waals surface area (Å²) in [5.41, 5.74) is 6.26. The first kappa shape index (κ1) is 41.9. The number of carboxylic acid groups (broad SMARTS) is 1. The van der Waals surface area contributed by atoms with Crippen molar-refractivity contribution in [2.24, 2.45) is 0 Å². The lowest BCUT2D eigenvalue weighted by Crippen LogP contribution is -2.41. The van der Waals surface area contributed by atoms with E-state index in [4.69, 9.17) is 4.74 Å². The molecule has 1 amide bonds. The summed E-state index contributed by atoms with van der Waals surface area (Å²) in [7, 11) is -3.32. The number of nitrogens with one attached hydrogen (secondary N) is 1. The van der Waals surface area contributed by atoms with Gasteiger partial charge in [0.15, 0.2) is 0 Å². The molecule has 0 aromatic heterocycles. The van der Waals surface area contributed by atoms with E-state index in [2.05, 4.69) is 82.6 Å². The van der Waals surface area contributed by atoms with Crippen LogP contribution in [-0.2, 0) is 32.6 Å². The number of thioether (sulfide) groups is 1. The van der Waals surface area contributed by atoms with Gasteiger partial charge in [-0.1, -0.05) is 95.3 Å². The number of amides is 1. The summed E-state index contributed by atoms with van der Waals surface area (Å²) in [6.45, 7) is 15.5. The Morgan fingerprint density at radius 1 is 0.889 bits per heavy atom. The van der Waals surface area contributed by atoms with Crippen molar-refractivity contribution in [3.8, 4) is 0 Å². The Kier molecular flexibility index (Phi) is 21.6. The molecule has 0 heterocycles. The van der Waals surface area contributed by atoms with Crippen LogP contribution in [-0.4, -0.2) is 55.5 Å². The molecular weight excluding hydrogens is 607 g/mol. The second kappa shape index (κ2) is 23.2. The molecule has 3 rings (SSSR count). The zero-order chi connectivity index (χ0) is 34.4. The van der Waals surface area contributed by atoms with Crippen LogP contribution in [0.3, 0.4) is 0 Å². The highest BCUT2D eigenvalue weighted by Gasteiger charge is 2.22. The molecule has 0 spiro atoms. The lowest BCUT2D eigenvalue weighted by Gasteiger charge is -2.14. The van der Waals surface area contributed by atoms with Crippen LogP contribution in [0.1, 0.15) is 85.1 Å². The zero-order valence-electron chi connectivity index (χ0n) is 28.4. The van der Waals surface area contributed by atoms with Crippen LogP contribution in [0, 0.1) is 13.8 Å². The van der Waals surface area contributed by atoms with Gasteiger partial charge in [-0.15, -0.1) is 0 Å². The summed E-state index contributed by atoms with van der Waals surface area (Å²) in [4.78, 5) is 23.6. The average molecular weight is 660 g/mol. The fraction of sp³-hybridized carbons (Fsp3) is 0.444. The number of hydrogen-bond acceptors (Lipinski definition) is 6. The highest BCUT2D eigenvalue weighted by molar-refractivity contribution is 7.98. The van der Waals surface area contributed by atoms with E-state index >= 15 is 0 Å². The quantitative estimate of drug-likeness (QED) is 0.204. The molecule has 0 saturated heterocycles. The van der Waals surface area contributed by atoms with Crippen molar-refractivity contribution in [1.29, 1.82) is 0 Å². The summed E-state index contributed by atoms with van der Waals surface area (Å²) in [6.07, 6.45) is 2.93. The summed E-state index contributed by atoms with van der Waals surface area (Å²) >= 11 is 1.86. The number of hydrogen-bond donors (Lipinski definition) is 2. The maximum absolute atomic E-state index is 12.3. The van der Waals surface area contributed by atoms with E-state index in [0.717, 1.165) is 17.4 Å². The zero-order valence-corrected chi connectivity index (χ0v) is 30.1. The molecule has 0 aliphatic carbocycles. The summed E-state index contributed by atoms with van der Waals surface area (Å²) in [5, 5.41) is 11.6. The van der Waals surface area contributed by atoms with Crippen molar-refractivity contribution in [2.75, 3.05) is 24.0 Å². The summed E-state index contributed by atoms with van der Waals surface area (Å²) < 4.78 is 28.3. The number of carboxylic acids is 1. The SMILES string of the molecule is CC.CC(C)c1cccc(COCc2ccc(C(=O)NC(CCS(C)(=O)=O)C(=O)O)cc2)c1.CCSC.Cc1ccccc1C. The standard InChI is InChI=1S/C23H29NO6S.C8H10.C3H8S.C2H6/c1-16(2)20-6-4-5-18(13-20)15-30-14-17-7-9-19(10-8-17)22(25)24-21(23(26)27)11-12-31(3,28)29;1-7-5-3-4-6-8(7)2;1-3-4-2;1-2/h4-10,13,16,21H,11-12,14-15H2,1-3H3,(H,24,25)(H,26,27);3-6H,1-2H3;3H2,1-2H3;1-2H3.